The molecule has 4 N–H and O–H groups in total. The number of fused-ring (bicyclic) bond motifs is 1. The Morgan fingerprint density at radius 1 is 1.21 bits per heavy atom. The summed E-state index contributed by atoms with van der Waals surface area (Å²) in [6.07, 6.45) is 1.52. The molecule has 1 fully saturated rings. The highest BCUT2D eigenvalue weighted by molar-refractivity contribution is 7.91. The molecule has 0 radical (unpaired) electrons. The Bertz CT molecular complexity index is 1100. The van der Waals surface area contributed by atoms with Gasteiger partial charge in [0.25, 0.3) is 0 Å². The third-order valence-electron chi connectivity index (χ3n) is 5.77. The maximum Gasteiger partial charge on any atom is 0.180 e. The number of aromatic nitrogens is 2. The number of nitrogens with zero attached hydrogens (tertiary/aromatic N) is 2. The highest BCUT2D eigenvalue weighted by atomic mass is 32.2. The largest absolute Gasteiger partial charge is 0.345 e. The number of nitrogens with one attached hydrogen (secondary N) is 1. The predicted octanol–water partition coefficient (Wildman–Crippen LogP) is 1.24. The fourth-order valence-electron chi connectivity index (χ4n) is 4.16. The molecule has 7 nitrogen and oxygen atoms in total. The van der Waals surface area contributed by atoms with Gasteiger partial charge in [0.15, 0.2) is 9.84 Å². The second kappa shape index (κ2) is 7.87. The Morgan fingerprint density at radius 2 is 1.97 bits per heavy atom. The average Bonchev–Trinajstić information content (AvgIpc) is 3.04. The van der Waals surface area contributed by atoms with Crippen molar-refractivity contribution in [2.24, 2.45) is 0 Å². The number of para-hydroxylation sites is 2. The van der Waals surface area contributed by atoms with Crippen molar-refractivity contribution in [3.05, 3.63) is 59.9 Å². The maximum absolute atomic E-state index is 12.9. The third kappa shape index (κ3) is 4.06. The lowest BCUT2D eigenvalue weighted by Gasteiger charge is -2.33. The first-order valence-electron chi connectivity index (χ1n) is 9.89. The molecule has 1 aliphatic rings. The van der Waals surface area contributed by atoms with Crippen molar-refractivity contribution in [1.29, 1.82) is 0 Å². The van der Waals surface area contributed by atoms with E-state index < -0.39 is 15.4 Å². The predicted molar refractivity (Wildman–Crippen MR) is 111 cm³/mol. The number of quaternary nitrogens is 1. The number of imidazole rings is 1. The highest BCUT2D eigenvalue weighted by Crippen LogP contribution is 2.22. The molecule has 0 amide bonds. The van der Waals surface area contributed by atoms with E-state index in [0.717, 1.165) is 35.4 Å². The Hall–Kier alpha value is -2.26. The molecule has 154 valence electrons. The fourth-order valence-corrected chi connectivity index (χ4v) is 5.93. The first kappa shape index (κ1) is 20.0. The van der Waals surface area contributed by atoms with E-state index in [4.69, 9.17) is 0 Å². The third-order valence-corrected chi connectivity index (χ3v) is 7.69. The lowest BCUT2D eigenvalue weighted by Crippen LogP contribution is -2.92. The van der Waals surface area contributed by atoms with Gasteiger partial charge in [-0.15, -0.1) is 0 Å². The van der Waals surface area contributed by atoms with E-state index in [1.807, 2.05) is 48.6 Å². The molecule has 0 saturated carbocycles. The second-order valence-corrected chi connectivity index (χ2v) is 9.90. The number of hydroxylamine groups is 1. The van der Waals surface area contributed by atoms with Gasteiger partial charge in [-0.1, -0.05) is 24.3 Å². The van der Waals surface area contributed by atoms with Gasteiger partial charge in [-0.05, 0) is 49.6 Å². The SMILES string of the molecule is Cc1nc2ccccc2n1Cc1ccc(S(=O)(=O)CC2(NO)CCC[NH2+]C2)cc1. The molecule has 2 heterocycles. The van der Waals surface area contributed by atoms with E-state index in [-0.39, 0.29) is 10.6 Å². The number of hydrogen-bond acceptors (Lipinski definition) is 5. The van der Waals surface area contributed by atoms with Gasteiger partial charge in [0.05, 0.1) is 34.8 Å². The molecule has 1 aliphatic heterocycles. The minimum Gasteiger partial charge on any atom is -0.345 e. The van der Waals surface area contributed by atoms with Crippen LogP contribution in [0.4, 0.5) is 0 Å². The maximum atomic E-state index is 12.9. The molecule has 8 heteroatoms. The fraction of sp³-hybridized carbons (Fsp3) is 0.381. The lowest BCUT2D eigenvalue weighted by atomic mass is 9.93. The van der Waals surface area contributed by atoms with Crippen LogP contribution in [0.2, 0.25) is 0 Å². The summed E-state index contributed by atoms with van der Waals surface area (Å²) in [5, 5.41) is 11.7. The van der Waals surface area contributed by atoms with Gasteiger partial charge in [0, 0.05) is 6.54 Å². The summed E-state index contributed by atoms with van der Waals surface area (Å²) < 4.78 is 28.0. The number of rotatable bonds is 6. The number of sulfone groups is 1. The van der Waals surface area contributed by atoms with Crippen molar-refractivity contribution in [3.63, 3.8) is 0 Å². The summed E-state index contributed by atoms with van der Waals surface area (Å²) in [6, 6.07) is 15.0. The van der Waals surface area contributed by atoms with E-state index >= 15 is 0 Å². The molecule has 1 unspecified atom stereocenters. The van der Waals surface area contributed by atoms with Gasteiger partial charge in [-0.25, -0.2) is 13.4 Å². The molecule has 0 aliphatic carbocycles. The molecule has 1 aromatic heterocycles. The Morgan fingerprint density at radius 3 is 2.66 bits per heavy atom. The van der Waals surface area contributed by atoms with Crippen LogP contribution in [0.1, 0.15) is 24.2 Å². The van der Waals surface area contributed by atoms with Crippen LogP contribution in [-0.2, 0) is 16.4 Å². The van der Waals surface area contributed by atoms with Crippen LogP contribution < -0.4 is 10.8 Å². The summed E-state index contributed by atoms with van der Waals surface area (Å²) in [4.78, 5) is 4.87. The van der Waals surface area contributed by atoms with E-state index in [2.05, 4.69) is 15.0 Å². The minimum absolute atomic E-state index is 0.113. The van der Waals surface area contributed by atoms with Crippen LogP contribution in [0.5, 0.6) is 0 Å². The molecule has 2 aromatic carbocycles. The molecular weight excluding hydrogens is 388 g/mol. The smallest absolute Gasteiger partial charge is 0.180 e. The van der Waals surface area contributed by atoms with Crippen molar-refractivity contribution in [1.82, 2.24) is 15.0 Å². The number of aryl methyl sites for hydroxylation is 1. The van der Waals surface area contributed by atoms with Gasteiger partial charge in [-0.2, -0.15) is 5.48 Å². The summed E-state index contributed by atoms with van der Waals surface area (Å²) in [5.41, 5.74) is 4.52. The first-order chi connectivity index (χ1) is 13.9. The van der Waals surface area contributed by atoms with Crippen LogP contribution in [0, 0.1) is 6.92 Å². The van der Waals surface area contributed by atoms with Crippen molar-refractivity contribution in [3.8, 4) is 0 Å². The van der Waals surface area contributed by atoms with Gasteiger partial charge >= 0.3 is 0 Å². The number of hydrogen-bond donors (Lipinski definition) is 3. The van der Waals surface area contributed by atoms with Crippen molar-refractivity contribution in [2.45, 2.75) is 36.7 Å². The quantitative estimate of drug-likeness (QED) is 0.526. The molecule has 0 bridgehead atoms. The molecule has 3 aromatic rings. The molecule has 1 saturated heterocycles. The summed E-state index contributed by atoms with van der Waals surface area (Å²) in [5.74, 6) is 0.810. The Kier molecular flexibility index (Phi) is 5.44. The van der Waals surface area contributed by atoms with Crippen molar-refractivity contribution in [2.75, 3.05) is 18.8 Å². The molecule has 1 atom stereocenters. The number of nitrogens with two attached hydrogens (primary N) is 1. The zero-order valence-electron chi connectivity index (χ0n) is 16.5. The van der Waals surface area contributed by atoms with E-state index in [1.165, 1.54) is 0 Å². The molecule has 4 rings (SSSR count). The Labute approximate surface area is 170 Å². The molecule has 29 heavy (non-hydrogen) atoms. The zero-order chi connectivity index (χ0) is 20.5. The van der Waals surface area contributed by atoms with Gasteiger partial charge in [0.2, 0.25) is 0 Å². The van der Waals surface area contributed by atoms with E-state index in [1.54, 1.807) is 12.1 Å². The van der Waals surface area contributed by atoms with Gasteiger partial charge < -0.3 is 15.1 Å². The second-order valence-electron chi connectivity index (χ2n) is 7.91. The average molecular weight is 416 g/mol. The van der Waals surface area contributed by atoms with Crippen molar-refractivity contribution >= 4 is 20.9 Å². The number of piperidine rings is 1. The van der Waals surface area contributed by atoms with E-state index in [9.17, 15) is 13.6 Å². The van der Waals surface area contributed by atoms with Gasteiger partial charge in [-0.3, -0.25) is 0 Å². The van der Waals surface area contributed by atoms with Crippen LogP contribution in [0.3, 0.4) is 0 Å². The summed E-state index contributed by atoms with van der Waals surface area (Å²) in [6.45, 7) is 4.11. The highest BCUT2D eigenvalue weighted by Gasteiger charge is 2.39. The zero-order valence-corrected chi connectivity index (χ0v) is 17.3. The van der Waals surface area contributed by atoms with E-state index in [0.29, 0.717) is 19.5 Å². The standard InChI is InChI=1S/C21H26N4O3S/c1-16-23-19-5-2-3-6-20(19)25(16)13-17-7-9-18(10-8-17)29(27,28)15-21(24-26)11-4-12-22-14-21/h2-3,5-10,22,24,26H,4,11-15H2,1H3/p+1. The normalized spacial score (nSPS) is 20.2. The monoisotopic (exact) mass is 415 g/mol. The molecular formula is C21H27N4O3S+. The molecule has 0 spiro atoms. The van der Waals surface area contributed by atoms with Crippen LogP contribution in [0.25, 0.3) is 11.0 Å². The lowest BCUT2D eigenvalue weighted by molar-refractivity contribution is -0.671. The minimum atomic E-state index is -3.51. The summed E-state index contributed by atoms with van der Waals surface area (Å²) >= 11 is 0. The number of benzene rings is 2. The van der Waals surface area contributed by atoms with Crippen molar-refractivity contribution < 1.29 is 18.9 Å². The first-order valence-corrected chi connectivity index (χ1v) is 11.5. The Balaban J connectivity index is 1.55. The van der Waals surface area contributed by atoms with Crippen LogP contribution >= 0.6 is 0 Å². The summed E-state index contributed by atoms with van der Waals surface area (Å²) in [7, 11) is -3.51. The topological polar surface area (TPSA) is 101 Å². The van der Waals surface area contributed by atoms with Gasteiger partial charge in [0.1, 0.15) is 11.4 Å². The van der Waals surface area contributed by atoms with Crippen LogP contribution in [0.15, 0.2) is 53.4 Å². The van der Waals surface area contributed by atoms with Crippen LogP contribution in [-0.4, -0.2) is 47.6 Å².